The Morgan fingerprint density at radius 3 is 2.93 bits per heavy atom. The second-order valence-corrected chi connectivity index (χ2v) is 7.15. The van der Waals surface area contributed by atoms with Crippen LogP contribution in [-0.4, -0.2) is 59.7 Å². The van der Waals surface area contributed by atoms with Crippen LogP contribution in [0, 0.1) is 0 Å². The number of nitrogens with zero attached hydrogens (tertiary/aromatic N) is 3. The lowest BCUT2D eigenvalue weighted by atomic mass is 10.0. The molecule has 1 aromatic heterocycles. The molecule has 3 aliphatic heterocycles. The number of aliphatic hydroxyl groups excluding tert-OH is 1. The van der Waals surface area contributed by atoms with E-state index in [-0.39, 0.29) is 25.8 Å². The summed E-state index contributed by atoms with van der Waals surface area (Å²) in [6, 6.07) is 5.59. The zero-order valence-corrected chi connectivity index (χ0v) is 15.0. The van der Waals surface area contributed by atoms with Gasteiger partial charge in [0.1, 0.15) is 29.6 Å². The number of carbonyl (C=O) groups is 1. The second kappa shape index (κ2) is 6.59. The first-order valence-electron chi connectivity index (χ1n) is 9.22. The lowest BCUT2D eigenvalue weighted by molar-refractivity contribution is 0.0940. The summed E-state index contributed by atoms with van der Waals surface area (Å²) in [5.41, 5.74) is 1.94. The van der Waals surface area contributed by atoms with Gasteiger partial charge in [-0.15, -0.1) is 0 Å². The minimum absolute atomic E-state index is 0.0513. The van der Waals surface area contributed by atoms with Gasteiger partial charge in [0.15, 0.2) is 11.5 Å². The standard InChI is InChI=1S/C19H19FN4O4/c20-12-7-24(8-13(12)25)18-11-3-4-21-19(26)17(11)22-16(23-18)6-10-1-2-14-15(5-10)28-9-27-14/h1-2,5,12-13,25H,3-4,6-9H2,(H,21,26)/t12-,13-/m1/s1. The van der Waals surface area contributed by atoms with Crippen LogP contribution in [0.15, 0.2) is 18.2 Å². The van der Waals surface area contributed by atoms with Crippen LogP contribution in [0.1, 0.15) is 27.4 Å². The van der Waals surface area contributed by atoms with E-state index in [4.69, 9.17) is 9.47 Å². The number of carbonyl (C=O) groups excluding carboxylic acids is 1. The third-order valence-electron chi connectivity index (χ3n) is 5.23. The van der Waals surface area contributed by atoms with Gasteiger partial charge in [-0.2, -0.15) is 0 Å². The van der Waals surface area contributed by atoms with Crippen molar-refractivity contribution in [2.75, 3.05) is 31.3 Å². The van der Waals surface area contributed by atoms with Crippen LogP contribution in [0.5, 0.6) is 11.5 Å². The predicted molar refractivity (Wildman–Crippen MR) is 96.6 cm³/mol. The number of hydrogen-bond acceptors (Lipinski definition) is 7. The molecule has 0 unspecified atom stereocenters. The quantitative estimate of drug-likeness (QED) is 0.797. The van der Waals surface area contributed by atoms with Crippen LogP contribution in [0.4, 0.5) is 10.2 Å². The molecular formula is C19H19FN4O4. The first kappa shape index (κ1) is 17.2. The van der Waals surface area contributed by atoms with Crippen LogP contribution in [-0.2, 0) is 12.8 Å². The third kappa shape index (κ3) is 2.91. The van der Waals surface area contributed by atoms with Crippen molar-refractivity contribution in [3.8, 4) is 11.5 Å². The molecule has 0 bridgehead atoms. The molecule has 9 heteroatoms. The molecule has 28 heavy (non-hydrogen) atoms. The van der Waals surface area contributed by atoms with Gasteiger partial charge >= 0.3 is 0 Å². The van der Waals surface area contributed by atoms with Gasteiger partial charge in [0.05, 0.1) is 6.54 Å². The number of benzene rings is 1. The highest BCUT2D eigenvalue weighted by Crippen LogP contribution is 2.33. The zero-order valence-electron chi connectivity index (χ0n) is 15.0. The highest BCUT2D eigenvalue weighted by Gasteiger charge is 2.35. The van der Waals surface area contributed by atoms with Gasteiger partial charge in [-0.1, -0.05) is 6.07 Å². The third-order valence-corrected chi connectivity index (χ3v) is 5.23. The van der Waals surface area contributed by atoms with E-state index in [2.05, 4.69) is 15.3 Å². The number of halogens is 1. The number of anilines is 1. The number of nitrogens with one attached hydrogen (secondary N) is 1. The van der Waals surface area contributed by atoms with Crippen LogP contribution in [0.2, 0.25) is 0 Å². The minimum Gasteiger partial charge on any atom is -0.454 e. The molecule has 3 aliphatic rings. The highest BCUT2D eigenvalue weighted by molar-refractivity contribution is 5.96. The molecule has 146 valence electrons. The predicted octanol–water partition coefficient (Wildman–Crippen LogP) is 0.601. The molecule has 2 atom stereocenters. The number of ether oxygens (including phenoxy) is 2. The monoisotopic (exact) mass is 386 g/mol. The van der Waals surface area contributed by atoms with Crippen molar-refractivity contribution >= 4 is 11.7 Å². The summed E-state index contributed by atoms with van der Waals surface area (Å²) in [6.45, 7) is 0.880. The van der Waals surface area contributed by atoms with E-state index in [1.54, 1.807) is 4.90 Å². The Hall–Kier alpha value is -2.94. The summed E-state index contributed by atoms with van der Waals surface area (Å²) >= 11 is 0. The Kier molecular flexibility index (Phi) is 4.04. The van der Waals surface area contributed by atoms with Gasteiger partial charge in [-0.3, -0.25) is 4.79 Å². The van der Waals surface area contributed by atoms with E-state index < -0.39 is 12.3 Å². The molecule has 1 amide bonds. The van der Waals surface area contributed by atoms with Gasteiger partial charge in [0, 0.05) is 25.1 Å². The number of β-amino-alcohol motifs (C(OH)–C–C–N with tert-alkyl or cyclic N) is 1. The highest BCUT2D eigenvalue weighted by atomic mass is 19.1. The second-order valence-electron chi connectivity index (χ2n) is 7.15. The van der Waals surface area contributed by atoms with Crippen molar-refractivity contribution in [1.82, 2.24) is 15.3 Å². The Balaban J connectivity index is 1.52. The topological polar surface area (TPSA) is 96.8 Å². The molecule has 0 radical (unpaired) electrons. The molecule has 0 aliphatic carbocycles. The number of rotatable bonds is 3. The summed E-state index contributed by atoms with van der Waals surface area (Å²) in [6.07, 6.45) is -1.43. The van der Waals surface area contributed by atoms with Gasteiger partial charge in [-0.05, 0) is 24.1 Å². The van der Waals surface area contributed by atoms with Crippen molar-refractivity contribution in [3.05, 3.63) is 40.8 Å². The lowest BCUT2D eigenvalue weighted by Gasteiger charge is -2.25. The maximum Gasteiger partial charge on any atom is 0.270 e. The molecule has 2 N–H and O–H groups in total. The molecule has 0 spiro atoms. The fourth-order valence-electron chi connectivity index (χ4n) is 3.81. The van der Waals surface area contributed by atoms with Crippen LogP contribution >= 0.6 is 0 Å². The average molecular weight is 386 g/mol. The van der Waals surface area contributed by atoms with E-state index in [0.717, 1.165) is 5.56 Å². The smallest absolute Gasteiger partial charge is 0.270 e. The molecule has 2 aromatic rings. The number of aromatic nitrogens is 2. The molecule has 5 rings (SSSR count). The van der Waals surface area contributed by atoms with Gasteiger partial charge in [0.2, 0.25) is 6.79 Å². The first-order chi connectivity index (χ1) is 13.6. The van der Waals surface area contributed by atoms with Crippen molar-refractivity contribution in [2.24, 2.45) is 0 Å². The summed E-state index contributed by atoms with van der Waals surface area (Å²) in [4.78, 5) is 23.2. The van der Waals surface area contributed by atoms with Crippen LogP contribution < -0.4 is 19.7 Å². The Morgan fingerprint density at radius 1 is 1.25 bits per heavy atom. The molecule has 1 aromatic carbocycles. The summed E-state index contributed by atoms with van der Waals surface area (Å²) in [5.74, 6) is 2.09. The zero-order chi connectivity index (χ0) is 19.3. The van der Waals surface area contributed by atoms with Crippen molar-refractivity contribution in [2.45, 2.75) is 25.1 Å². The van der Waals surface area contributed by atoms with Crippen molar-refractivity contribution < 1.29 is 23.8 Å². The van der Waals surface area contributed by atoms with Crippen LogP contribution in [0.3, 0.4) is 0 Å². The van der Waals surface area contributed by atoms with Gasteiger partial charge in [0.25, 0.3) is 5.91 Å². The molecule has 4 heterocycles. The van der Waals surface area contributed by atoms with E-state index in [1.165, 1.54) is 0 Å². The van der Waals surface area contributed by atoms with Crippen LogP contribution in [0.25, 0.3) is 0 Å². The van der Waals surface area contributed by atoms with Gasteiger partial charge < -0.3 is 24.8 Å². The number of fused-ring (bicyclic) bond motifs is 2. The Labute approximate surface area is 160 Å². The Morgan fingerprint density at radius 2 is 2.11 bits per heavy atom. The number of amides is 1. The van der Waals surface area contributed by atoms with E-state index in [0.29, 0.717) is 53.8 Å². The molecule has 1 saturated heterocycles. The maximum absolute atomic E-state index is 13.9. The fraction of sp³-hybridized carbons (Fsp3) is 0.421. The largest absolute Gasteiger partial charge is 0.454 e. The molecule has 1 fully saturated rings. The minimum atomic E-state index is -1.33. The number of alkyl halides is 1. The maximum atomic E-state index is 13.9. The summed E-state index contributed by atoms with van der Waals surface area (Å²) < 4.78 is 24.6. The number of aliphatic hydroxyl groups is 1. The summed E-state index contributed by atoms with van der Waals surface area (Å²) in [5, 5.41) is 12.6. The molecule has 8 nitrogen and oxygen atoms in total. The van der Waals surface area contributed by atoms with Gasteiger partial charge in [-0.25, -0.2) is 14.4 Å². The lowest BCUT2D eigenvalue weighted by Crippen LogP contribution is -2.36. The Bertz CT molecular complexity index is 944. The number of hydrogen-bond donors (Lipinski definition) is 2. The van der Waals surface area contributed by atoms with E-state index in [9.17, 15) is 14.3 Å². The van der Waals surface area contributed by atoms with E-state index in [1.807, 2.05) is 18.2 Å². The average Bonchev–Trinajstić information content (AvgIpc) is 3.28. The van der Waals surface area contributed by atoms with E-state index >= 15 is 0 Å². The fourth-order valence-corrected chi connectivity index (χ4v) is 3.81. The normalized spacial score (nSPS) is 22.9. The SMILES string of the molecule is O=C1NCCc2c1nc(Cc1ccc3c(c1)OCO3)nc2N1C[C@@H](O)[C@H](F)C1. The molecular weight excluding hydrogens is 367 g/mol. The molecule has 0 saturated carbocycles. The van der Waals surface area contributed by atoms with Crippen molar-refractivity contribution in [3.63, 3.8) is 0 Å². The first-order valence-corrected chi connectivity index (χ1v) is 9.22. The summed E-state index contributed by atoms with van der Waals surface area (Å²) in [7, 11) is 0. The van der Waals surface area contributed by atoms with Crippen molar-refractivity contribution in [1.29, 1.82) is 0 Å².